The van der Waals surface area contributed by atoms with Crippen molar-refractivity contribution in [2.24, 2.45) is 0 Å². The molecule has 1 aromatic carbocycles. The molecule has 1 aliphatic rings. The number of thioether (sulfide) groups is 1. The molecule has 0 amide bonds. The third kappa shape index (κ3) is 3.83. The molecule has 5 nitrogen and oxygen atoms in total. The maximum atomic E-state index is 12.8. The van der Waals surface area contributed by atoms with E-state index < -0.39 is 10.0 Å². The molecule has 7 heteroatoms. The zero-order valence-electron chi connectivity index (χ0n) is 13.0. The first kappa shape index (κ1) is 17.3. The molecular formula is C15H21NO4S2. The van der Waals surface area contributed by atoms with Crippen molar-refractivity contribution in [1.29, 1.82) is 0 Å². The number of sulfonamides is 1. The molecule has 1 unspecified atom stereocenters. The molecule has 0 bridgehead atoms. The quantitative estimate of drug-likeness (QED) is 0.765. The molecule has 1 atom stereocenters. The van der Waals surface area contributed by atoms with E-state index in [1.54, 1.807) is 6.07 Å². The molecule has 1 aromatic rings. The number of benzene rings is 1. The fraction of sp³-hybridized carbons (Fsp3) is 0.533. The highest BCUT2D eigenvalue weighted by atomic mass is 32.2. The van der Waals surface area contributed by atoms with Crippen LogP contribution in [0.3, 0.4) is 0 Å². The molecule has 0 saturated carbocycles. The molecule has 1 saturated heterocycles. The highest BCUT2D eigenvalue weighted by Crippen LogP contribution is 2.29. The van der Waals surface area contributed by atoms with Crippen molar-refractivity contribution in [3.05, 3.63) is 29.3 Å². The molecule has 2 rings (SSSR count). The van der Waals surface area contributed by atoms with E-state index in [2.05, 4.69) is 4.74 Å². The van der Waals surface area contributed by atoms with E-state index in [1.165, 1.54) is 23.2 Å². The zero-order chi connectivity index (χ0) is 16.3. The third-order valence-electron chi connectivity index (χ3n) is 3.73. The number of ether oxygens (including phenoxy) is 1. The Kier molecular flexibility index (Phi) is 5.52. The number of esters is 1. The second-order valence-electron chi connectivity index (χ2n) is 5.43. The molecule has 0 aliphatic carbocycles. The van der Waals surface area contributed by atoms with Crippen molar-refractivity contribution in [2.45, 2.75) is 30.4 Å². The summed E-state index contributed by atoms with van der Waals surface area (Å²) in [6.07, 6.45) is 0.756. The first-order valence-electron chi connectivity index (χ1n) is 7.10. The van der Waals surface area contributed by atoms with Gasteiger partial charge in [0, 0.05) is 18.3 Å². The third-order valence-corrected chi connectivity index (χ3v) is 7.00. The van der Waals surface area contributed by atoms with Gasteiger partial charge in [-0.15, -0.1) is 11.8 Å². The second kappa shape index (κ2) is 7.02. The summed E-state index contributed by atoms with van der Waals surface area (Å²) in [5.74, 6) is -0.0146. The summed E-state index contributed by atoms with van der Waals surface area (Å²) in [6.45, 7) is 4.63. The van der Waals surface area contributed by atoms with E-state index in [1.807, 2.05) is 26.0 Å². The normalized spacial score (nSPS) is 19.3. The number of aryl methyl sites for hydroxylation is 2. The number of methoxy groups -OCH3 is 1. The monoisotopic (exact) mass is 343 g/mol. The maximum absolute atomic E-state index is 12.8. The highest BCUT2D eigenvalue weighted by molar-refractivity contribution is 8.00. The van der Waals surface area contributed by atoms with Gasteiger partial charge in [0.25, 0.3) is 0 Å². The molecule has 0 spiro atoms. The summed E-state index contributed by atoms with van der Waals surface area (Å²) in [7, 11) is -2.11. The summed E-state index contributed by atoms with van der Waals surface area (Å²) >= 11 is 1.46. The Morgan fingerprint density at radius 2 is 2.14 bits per heavy atom. The standard InChI is InChI=1S/C15H21NO4S2/c1-11-4-5-12(2)14(8-11)22(18,19)16-7-6-13(9-16)21-10-15(17)20-3/h4-5,8,13H,6-7,9-10H2,1-3H3. The van der Waals surface area contributed by atoms with Crippen molar-refractivity contribution < 1.29 is 17.9 Å². The predicted molar refractivity (Wildman–Crippen MR) is 87.6 cm³/mol. The average Bonchev–Trinajstić information content (AvgIpc) is 2.96. The van der Waals surface area contributed by atoms with Gasteiger partial charge in [0.2, 0.25) is 10.0 Å². The van der Waals surface area contributed by atoms with Crippen LogP contribution in [0, 0.1) is 13.8 Å². The van der Waals surface area contributed by atoms with E-state index >= 15 is 0 Å². The van der Waals surface area contributed by atoms with Crippen LogP contribution in [-0.2, 0) is 19.6 Å². The fourth-order valence-electron chi connectivity index (χ4n) is 2.42. The van der Waals surface area contributed by atoms with Gasteiger partial charge in [-0.2, -0.15) is 4.31 Å². The fourth-order valence-corrected chi connectivity index (χ4v) is 5.37. The van der Waals surface area contributed by atoms with Crippen LogP contribution >= 0.6 is 11.8 Å². The Hall–Kier alpha value is -1.05. The summed E-state index contributed by atoms with van der Waals surface area (Å²) in [4.78, 5) is 11.6. The average molecular weight is 343 g/mol. The van der Waals surface area contributed by atoms with Crippen LogP contribution in [0.25, 0.3) is 0 Å². The van der Waals surface area contributed by atoms with E-state index in [0.717, 1.165) is 17.5 Å². The van der Waals surface area contributed by atoms with E-state index in [9.17, 15) is 13.2 Å². The van der Waals surface area contributed by atoms with Crippen LogP contribution in [-0.4, -0.2) is 49.9 Å². The SMILES string of the molecule is COC(=O)CSC1CCN(S(=O)(=O)c2cc(C)ccc2C)C1. The van der Waals surface area contributed by atoms with Crippen molar-refractivity contribution in [1.82, 2.24) is 4.31 Å². The zero-order valence-corrected chi connectivity index (χ0v) is 14.7. The van der Waals surface area contributed by atoms with Gasteiger partial charge in [-0.1, -0.05) is 12.1 Å². The van der Waals surface area contributed by atoms with Crippen LogP contribution < -0.4 is 0 Å². The van der Waals surface area contributed by atoms with Gasteiger partial charge in [0.05, 0.1) is 17.8 Å². The Balaban J connectivity index is 2.09. The van der Waals surface area contributed by atoms with Gasteiger partial charge >= 0.3 is 5.97 Å². The summed E-state index contributed by atoms with van der Waals surface area (Å²) in [5, 5.41) is 0.138. The minimum atomic E-state index is -3.47. The largest absolute Gasteiger partial charge is 0.468 e. The predicted octanol–water partition coefficient (Wildman–Crippen LogP) is 1.97. The maximum Gasteiger partial charge on any atom is 0.315 e. The van der Waals surface area contributed by atoms with E-state index in [-0.39, 0.29) is 17.0 Å². The highest BCUT2D eigenvalue weighted by Gasteiger charge is 2.33. The van der Waals surface area contributed by atoms with E-state index in [4.69, 9.17) is 0 Å². The number of hydrogen-bond acceptors (Lipinski definition) is 5. The van der Waals surface area contributed by atoms with Crippen LogP contribution in [0.4, 0.5) is 0 Å². The smallest absolute Gasteiger partial charge is 0.315 e. The number of nitrogens with zero attached hydrogens (tertiary/aromatic N) is 1. The Bertz CT molecular complexity index is 658. The van der Waals surface area contributed by atoms with Gasteiger partial charge in [0.15, 0.2) is 0 Å². The van der Waals surface area contributed by atoms with E-state index in [0.29, 0.717) is 18.0 Å². The lowest BCUT2D eigenvalue weighted by atomic mass is 10.2. The molecular weight excluding hydrogens is 322 g/mol. The minimum absolute atomic E-state index is 0.138. The molecule has 122 valence electrons. The van der Waals surface area contributed by atoms with Crippen LogP contribution in [0.1, 0.15) is 17.5 Å². The second-order valence-corrected chi connectivity index (χ2v) is 8.62. The lowest BCUT2D eigenvalue weighted by molar-refractivity contribution is -0.137. The van der Waals surface area contributed by atoms with Gasteiger partial charge in [-0.3, -0.25) is 4.79 Å². The number of carbonyl (C=O) groups excluding carboxylic acids is 1. The molecule has 1 fully saturated rings. The Morgan fingerprint density at radius 3 is 2.82 bits per heavy atom. The summed E-state index contributed by atoms with van der Waals surface area (Å²) in [5.41, 5.74) is 1.69. The molecule has 0 aromatic heterocycles. The molecule has 1 aliphatic heterocycles. The number of hydrogen-bond donors (Lipinski definition) is 0. The van der Waals surface area contributed by atoms with Crippen molar-refractivity contribution in [3.8, 4) is 0 Å². The summed E-state index contributed by atoms with van der Waals surface area (Å²) < 4.78 is 31.7. The first-order chi connectivity index (χ1) is 10.3. The Morgan fingerprint density at radius 1 is 1.41 bits per heavy atom. The van der Waals surface area contributed by atoms with Gasteiger partial charge < -0.3 is 4.74 Å². The topological polar surface area (TPSA) is 63.7 Å². The summed E-state index contributed by atoms with van der Waals surface area (Å²) in [6, 6.07) is 5.47. The van der Waals surface area contributed by atoms with Gasteiger partial charge in [-0.25, -0.2) is 8.42 Å². The molecule has 1 heterocycles. The van der Waals surface area contributed by atoms with Crippen molar-refractivity contribution in [2.75, 3.05) is 26.0 Å². The van der Waals surface area contributed by atoms with Crippen molar-refractivity contribution in [3.63, 3.8) is 0 Å². The number of rotatable bonds is 5. The van der Waals surface area contributed by atoms with Gasteiger partial charge in [0.1, 0.15) is 0 Å². The molecule has 0 radical (unpaired) electrons. The first-order valence-corrected chi connectivity index (χ1v) is 9.59. The van der Waals surface area contributed by atoms with Crippen LogP contribution in [0.5, 0.6) is 0 Å². The number of carbonyl (C=O) groups is 1. The Labute approximate surface area is 136 Å². The molecule has 22 heavy (non-hydrogen) atoms. The van der Waals surface area contributed by atoms with Crippen LogP contribution in [0.15, 0.2) is 23.1 Å². The lowest BCUT2D eigenvalue weighted by Gasteiger charge is -2.18. The lowest BCUT2D eigenvalue weighted by Crippen LogP contribution is -2.30. The minimum Gasteiger partial charge on any atom is -0.468 e. The van der Waals surface area contributed by atoms with Gasteiger partial charge in [-0.05, 0) is 37.5 Å². The molecule has 0 N–H and O–H groups in total. The van der Waals surface area contributed by atoms with Crippen LogP contribution in [0.2, 0.25) is 0 Å². The van der Waals surface area contributed by atoms with Crippen molar-refractivity contribution >= 4 is 27.8 Å².